The van der Waals surface area contributed by atoms with E-state index in [1.165, 1.54) is 11.8 Å². The number of nitrogens with zero attached hydrogens (tertiary/aromatic N) is 2. The van der Waals surface area contributed by atoms with Gasteiger partial charge in [-0.05, 0) is 13.0 Å². The molecule has 2 N–H and O–H groups in total. The molecule has 0 fully saturated rings. The van der Waals surface area contributed by atoms with Crippen LogP contribution in [0.3, 0.4) is 0 Å². The van der Waals surface area contributed by atoms with Crippen LogP contribution in [0.4, 0.5) is 0 Å². The first-order valence-electron chi connectivity index (χ1n) is 8.95. The Balaban J connectivity index is 1.80. The van der Waals surface area contributed by atoms with Gasteiger partial charge in [0.05, 0.1) is 17.9 Å². The molecule has 2 heterocycles. The van der Waals surface area contributed by atoms with Crippen molar-refractivity contribution in [1.29, 1.82) is 0 Å². The Morgan fingerprint density at radius 2 is 2.00 bits per heavy atom. The predicted molar refractivity (Wildman–Crippen MR) is 108 cm³/mol. The smallest absolute Gasteiger partial charge is 0.227 e. The number of benzene rings is 2. The minimum Gasteiger partial charge on any atom is -0.490 e. The second kappa shape index (κ2) is 7.90. The summed E-state index contributed by atoms with van der Waals surface area (Å²) in [6, 6.07) is 15.5. The van der Waals surface area contributed by atoms with Crippen LogP contribution in [0.2, 0.25) is 0 Å². The van der Waals surface area contributed by atoms with Gasteiger partial charge in [0, 0.05) is 17.5 Å². The fourth-order valence-electron chi connectivity index (χ4n) is 3.03. The lowest BCUT2D eigenvalue weighted by atomic mass is 10.0. The third kappa shape index (κ3) is 3.66. The van der Waals surface area contributed by atoms with E-state index in [4.69, 9.17) is 20.2 Å². The Kier molecular flexibility index (Phi) is 5.16. The van der Waals surface area contributed by atoms with E-state index in [1.807, 2.05) is 55.5 Å². The number of aromatic nitrogens is 2. The van der Waals surface area contributed by atoms with Gasteiger partial charge >= 0.3 is 0 Å². The summed E-state index contributed by atoms with van der Waals surface area (Å²) >= 11 is 1.30. The molecule has 0 saturated carbocycles. The molecule has 0 spiro atoms. The van der Waals surface area contributed by atoms with Crippen LogP contribution in [0.15, 0.2) is 53.6 Å². The highest BCUT2D eigenvalue weighted by molar-refractivity contribution is 7.99. The second-order valence-corrected chi connectivity index (χ2v) is 7.18. The lowest BCUT2D eigenvalue weighted by Gasteiger charge is -2.23. The molecule has 0 saturated heterocycles. The zero-order valence-corrected chi connectivity index (χ0v) is 16.2. The number of carbonyl (C=O) groups excluding carboxylic acids is 1. The van der Waals surface area contributed by atoms with Gasteiger partial charge in [0.2, 0.25) is 11.8 Å². The van der Waals surface area contributed by atoms with Crippen molar-refractivity contribution in [2.45, 2.75) is 18.4 Å². The van der Waals surface area contributed by atoms with Gasteiger partial charge in [0.1, 0.15) is 5.03 Å². The maximum absolute atomic E-state index is 11.3. The molecule has 142 valence electrons. The SMILES string of the molecule is CCOc1cccc2c1Oc1nc(-c3ccccc3)nc(SCC(N)=O)c1C2. The summed E-state index contributed by atoms with van der Waals surface area (Å²) in [5.41, 5.74) is 8.07. The fourth-order valence-corrected chi connectivity index (χ4v) is 3.79. The number of hydrogen-bond acceptors (Lipinski definition) is 6. The maximum Gasteiger partial charge on any atom is 0.227 e. The van der Waals surface area contributed by atoms with Gasteiger partial charge in [0.25, 0.3) is 0 Å². The Bertz CT molecular complexity index is 1020. The number of ether oxygens (including phenoxy) is 2. The average Bonchev–Trinajstić information content (AvgIpc) is 2.71. The number of rotatable bonds is 6. The average molecular weight is 393 g/mol. The third-order valence-corrected chi connectivity index (χ3v) is 5.28. The third-order valence-electron chi connectivity index (χ3n) is 4.24. The second-order valence-electron chi connectivity index (χ2n) is 6.21. The van der Waals surface area contributed by atoms with Gasteiger partial charge in [-0.25, -0.2) is 4.98 Å². The summed E-state index contributed by atoms with van der Waals surface area (Å²) in [6.07, 6.45) is 0.599. The molecule has 6 nitrogen and oxygen atoms in total. The van der Waals surface area contributed by atoms with Crippen molar-refractivity contribution in [3.05, 3.63) is 59.7 Å². The molecular weight excluding hydrogens is 374 g/mol. The lowest BCUT2D eigenvalue weighted by molar-refractivity contribution is -0.115. The highest BCUT2D eigenvalue weighted by Gasteiger charge is 2.26. The molecule has 0 aliphatic carbocycles. The summed E-state index contributed by atoms with van der Waals surface area (Å²) in [5, 5.41) is 0.704. The molecule has 1 aromatic heterocycles. The normalized spacial score (nSPS) is 11.9. The molecule has 28 heavy (non-hydrogen) atoms. The van der Waals surface area contributed by atoms with Crippen molar-refractivity contribution in [2.24, 2.45) is 5.73 Å². The van der Waals surface area contributed by atoms with Gasteiger partial charge < -0.3 is 15.2 Å². The van der Waals surface area contributed by atoms with Gasteiger partial charge in [-0.15, -0.1) is 0 Å². The Morgan fingerprint density at radius 3 is 2.75 bits per heavy atom. The lowest BCUT2D eigenvalue weighted by Crippen LogP contribution is -2.15. The first kappa shape index (κ1) is 18.3. The van der Waals surface area contributed by atoms with E-state index in [0.717, 1.165) is 16.7 Å². The minimum absolute atomic E-state index is 0.142. The van der Waals surface area contributed by atoms with Gasteiger partial charge in [-0.1, -0.05) is 54.2 Å². The van der Waals surface area contributed by atoms with E-state index < -0.39 is 5.91 Å². The number of thioether (sulfide) groups is 1. The number of nitrogens with two attached hydrogens (primary N) is 1. The topological polar surface area (TPSA) is 87.3 Å². The van der Waals surface area contributed by atoms with Crippen LogP contribution >= 0.6 is 11.8 Å². The molecule has 7 heteroatoms. The summed E-state index contributed by atoms with van der Waals surface area (Å²) in [4.78, 5) is 20.7. The number of hydrogen-bond donors (Lipinski definition) is 1. The zero-order chi connectivity index (χ0) is 19.5. The van der Waals surface area contributed by atoms with Crippen LogP contribution in [0, 0.1) is 0 Å². The molecule has 1 amide bonds. The van der Waals surface area contributed by atoms with E-state index in [9.17, 15) is 4.79 Å². The molecule has 0 unspecified atom stereocenters. The maximum atomic E-state index is 11.3. The van der Waals surface area contributed by atoms with Crippen LogP contribution < -0.4 is 15.2 Å². The molecule has 1 aliphatic heterocycles. The molecule has 3 aromatic rings. The largest absolute Gasteiger partial charge is 0.490 e. The summed E-state index contributed by atoms with van der Waals surface area (Å²) in [5.74, 6) is 2.15. The Morgan fingerprint density at radius 1 is 1.18 bits per heavy atom. The minimum atomic E-state index is -0.394. The Labute approximate surface area is 167 Å². The fraction of sp³-hybridized carbons (Fsp3) is 0.190. The number of carbonyl (C=O) groups is 1. The predicted octanol–water partition coefficient (Wildman–Crippen LogP) is 3.82. The van der Waals surface area contributed by atoms with E-state index in [0.29, 0.717) is 41.3 Å². The van der Waals surface area contributed by atoms with Crippen LogP contribution in [0.1, 0.15) is 18.1 Å². The number of para-hydroxylation sites is 1. The summed E-state index contributed by atoms with van der Waals surface area (Å²) < 4.78 is 11.9. The molecule has 4 rings (SSSR count). The molecular formula is C21H19N3O3S. The van der Waals surface area contributed by atoms with Crippen molar-refractivity contribution in [3.8, 4) is 28.8 Å². The summed E-state index contributed by atoms with van der Waals surface area (Å²) in [6.45, 7) is 2.48. The van der Waals surface area contributed by atoms with Crippen molar-refractivity contribution in [2.75, 3.05) is 12.4 Å². The molecule has 1 aliphatic rings. The molecule has 0 radical (unpaired) electrons. The van der Waals surface area contributed by atoms with Crippen molar-refractivity contribution < 1.29 is 14.3 Å². The first-order chi connectivity index (χ1) is 13.7. The van der Waals surface area contributed by atoms with Crippen LogP contribution in [-0.4, -0.2) is 28.2 Å². The Hall–Kier alpha value is -3.06. The van der Waals surface area contributed by atoms with Gasteiger partial charge in [-0.3, -0.25) is 4.79 Å². The number of primary amides is 1. The standard InChI is InChI=1S/C21H19N3O3S/c1-2-26-16-10-6-9-14-11-15-20(27-18(14)16)23-19(13-7-4-3-5-8-13)24-21(15)28-12-17(22)25/h3-10H,2,11-12H2,1H3,(H2,22,25). The van der Waals surface area contributed by atoms with Gasteiger partial charge in [-0.2, -0.15) is 4.98 Å². The molecule has 0 bridgehead atoms. The van der Waals surface area contributed by atoms with E-state index in [-0.39, 0.29) is 5.75 Å². The van der Waals surface area contributed by atoms with Crippen molar-refractivity contribution in [1.82, 2.24) is 9.97 Å². The van der Waals surface area contributed by atoms with E-state index in [1.54, 1.807) is 0 Å². The highest BCUT2D eigenvalue weighted by atomic mass is 32.2. The highest BCUT2D eigenvalue weighted by Crippen LogP contribution is 2.44. The molecule has 2 aromatic carbocycles. The van der Waals surface area contributed by atoms with Gasteiger partial charge in [0.15, 0.2) is 17.3 Å². The van der Waals surface area contributed by atoms with Crippen LogP contribution in [0.25, 0.3) is 11.4 Å². The van der Waals surface area contributed by atoms with Crippen LogP contribution in [0.5, 0.6) is 17.4 Å². The van der Waals surface area contributed by atoms with Crippen LogP contribution in [-0.2, 0) is 11.2 Å². The zero-order valence-electron chi connectivity index (χ0n) is 15.3. The first-order valence-corrected chi connectivity index (χ1v) is 9.94. The summed E-state index contributed by atoms with van der Waals surface area (Å²) in [7, 11) is 0. The van der Waals surface area contributed by atoms with Crippen molar-refractivity contribution >= 4 is 17.7 Å². The van der Waals surface area contributed by atoms with E-state index in [2.05, 4.69) is 4.98 Å². The van der Waals surface area contributed by atoms with Crippen molar-refractivity contribution in [3.63, 3.8) is 0 Å². The monoisotopic (exact) mass is 393 g/mol. The number of fused-ring (bicyclic) bond motifs is 2. The van der Waals surface area contributed by atoms with E-state index >= 15 is 0 Å². The quantitative estimate of drug-likeness (QED) is 0.396. The molecule has 0 atom stereocenters. The number of amides is 1.